The maximum absolute atomic E-state index is 5.97. The molecule has 0 bridgehead atoms. The van der Waals surface area contributed by atoms with E-state index in [2.05, 4.69) is 53.9 Å². The van der Waals surface area contributed by atoms with E-state index in [0.29, 0.717) is 6.61 Å². The van der Waals surface area contributed by atoms with Crippen molar-refractivity contribution in [1.82, 2.24) is 29.5 Å². The van der Waals surface area contributed by atoms with Gasteiger partial charge in [-0.3, -0.25) is 19.4 Å². The number of hydrogen-bond donors (Lipinski definition) is 1. The number of nitrogens with zero attached hydrogens (tertiary/aromatic N) is 5. The standard InChI is InChI=1S/C27H26N6O2/c1-2-10-28-24(3-1)25-18-29-26-9-6-21(19-33(25)26)23-17-30-31-27(23)20-4-7-22(8-5-20)35-16-13-32-11-14-34-15-12-32/h1-10,17-19H,11-16H2,(H,30,31). The molecule has 0 saturated carbocycles. The number of pyridine rings is 2. The van der Waals surface area contributed by atoms with Gasteiger partial charge in [0.05, 0.1) is 42.7 Å². The van der Waals surface area contributed by atoms with Crippen molar-refractivity contribution in [3.8, 4) is 39.5 Å². The van der Waals surface area contributed by atoms with Crippen LogP contribution in [0.2, 0.25) is 0 Å². The minimum absolute atomic E-state index is 0.665. The Labute approximate surface area is 203 Å². The summed E-state index contributed by atoms with van der Waals surface area (Å²) in [6.07, 6.45) is 7.60. The molecule has 1 aliphatic rings. The summed E-state index contributed by atoms with van der Waals surface area (Å²) < 4.78 is 13.4. The molecule has 0 radical (unpaired) electrons. The molecule has 1 saturated heterocycles. The second-order valence-corrected chi connectivity index (χ2v) is 8.49. The van der Waals surface area contributed by atoms with Gasteiger partial charge in [0, 0.05) is 48.7 Å². The van der Waals surface area contributed by atoms with Gasteiger partial charge in [0.25, 0.3) is 0 Å². The first kappa shape index (κ1) is 21.5. The van der Waals surface area contributed by atoms with Crippen molar-refractivity contribution in [1.29, 1.82) is 0 Å². The molecule has 0 atom stereocenters. The van der Waals surface area contributed by atoms with Crippen LogP contribution in [0, 0.1) is 0 Å². The van der Waals surface area contributed by atoms with E-state index < -0.39 is 0 Å². The molecule has 176 valence electrons. The molecule has 5 heterocycles. The van der Waals surface area contributed by atoms with Crippen LogP contribution >= 0.6 is 0 Å². The molecule has 0 amide bonds. The van der Waals surface area contributed by atoms with Crippen molar-refractivity contribution in [2.45, 2.75) is 0 Å². The number of aromatic nitrogens is 5. The van der Waals surface area contributed by atoms with E-state index in [9.17, 15) is 0 Å². The second-order valence-electron chi connectivity index (χ2n) is 8.49. The molecule has 8 heteroatoms. The summed E-state index contributed by atoms with van der Waals surface area (Å²) in [4.78, 5) is 11.4. The molecule has 8 nitrogen and oxygen atoms in total. The normalized spacial score (nSPS) is 14.4. The molecule has 6 rings (SSSR count). The number of nitrogens with one attached hydrogen (secondary N) is 1. The Morgan fingerprint density at radius 1 is 0.914 bits per heavy atom. The van der Waals surface area contributed by atoms with Crippen LogP contribution in [0.4, 0.5) is 0 Å². The maximum atomic E-state index is 5.97. The molecule has 4 aromatic heterocycles. The summed E-state index contributed by atoms with van der Waals surface area (Å²) in [6.45, 7) is 5.13. The second kappa shape index (κ2) is 9.69. The van der Waals surface area contributed by atoms with E-state index in [1.54, 1.807) is 6.20 Å². The lowest BCUT2D eigenvalue weighted by Gasteiger charge is -2.26. The smallest absolute Gasteiger partial charge is 0.137 e. The van der Waals surface area contributed by atoms with Crippen LogP contribution in [-0.2, 0) is 4.74 Å². The summed E-state index contributed by atoms with van der Waals surface area (Å²) in [5.74, 6) is 0.864. The fourth-order valence-electron chi connectivity index (χ4n) is 4.40. The number of rotatable bonds is 7. The van der Waals surface area contributed by atoms with E-state index in [-0.39, 0.29) is 0 Å². The van der Waals surface area contributed by atoms with Gasteiger partial charge in [0.15, 0.2) is 0 Å². The highest BCUT2D eigenvalue weighted by Crippen LogP contribution is 2.32. The zero-order valence-electron chi connectivity index (χ0n) is 19.3. The van der Waals surface area contributed by atoms with Crippen molar-refractivity contribution in [2.24, 2.45) is 0 Å². The Balaban J connectivity index is 1.22. The molecule has 1 fully saturated rings. The SMILES string of the molecule is c1ccc(-c2cnc3ccc(-c4cn[nH]c4-c4ccc(OCCN5CCOCC5)cc4)cn23)nc1. The van der Waals surface area contributed by atoms with Crippen LogP contribution in [0.25, 0.3) is 39.4 Å². The van der Waals surface area contributed by atoms with Crippen molar-refractivity contribution >= 4 is 5.65 Å². The van der Waals surface area contributed by atoms with Gasteiger partial charge in [0.1, 0.15) is 18.0 Å². The van der Waals surface area contributed by atoms with E-state index in [1.807, 2.05) is 48.8 Å². The number of morpholine rings is 1. The quantitative estimate of drug-likeness (QED) is 0.388. The Morgan fingerprint density at radius 3 is 2.60 bits per heavy atom. The largest absolute Gasteiger partial charge is 0.492 e. The van der Waals surface area contributed by atoms with Crippen LogP contribution in [0.3, 0.4) is 0 Å². The zero-order chi connectivity index (χ0) is 23.5. The predicted octanol–water partition coefficient (Wildman–Crippen LogP) is 4.16. The van der Waals surface area contributed by atoms with Gasteiger partial charge >= 0.3 is 0 Å². The summed E-state index contributed by atoms with van der Waals surface area (Å²) in [6, 6.07) is 18.1. The summed E-state index contributed by atoms with van der Waals surface area (Å²) in [7, 11) is 0. The molecule has 1 aliphatic heterocycles. The van der Waals surface area contributed by atoms with Crippen molar-refractivity contribution in [2.75, 3.05) is 39.5 Å². The third-order valence-electron chi connectivity index (χ3n) is 6.31. The zero-order valence-corrected chi connectivity index (χ0v) is 19.3. The molecule has 5 aromatic rings. The summed E-state index contributed by atoms with van der Waals surface area (Å²) in [5, 5.41) is 7.51. The molecule has 0 unspecified atom stereocenters. The van der Waals surface area contributed by atoms with Gasteiger partial charge in [-0.25, -0.2) is 4.98 Å². The number of H-pyrrole nitrogens is 1. The number of imidazole rings is 1. The highest BCUT2D eigenvalue weighted by Gasteiger charge is 2.14. The Kier molecular flexibility index (Phi) is 5.96. The number of benzene rings is 1. The van der Waals surface area contributed by atoms with Crippen LogP contribution < -0.4 is 4.74 Å². The summed E-state index contributed by atoms with van der Waals surface area (Å²) >= 11 is 0. The number of hydrogen-bond acceptors (Lipinski definition) is 6. The summed E-state index contributed by atoms with van der Waals surface area (Å²) in [5.41, 5.74) is 6.78. The number of fused-ring (bicyclic) bond motifs is 1. The Hall–Kier alpha value is -4.01. The van der Waals surface area contributed by atoms with E-state index in [0.717, 1.165) is 78.0 Å². The van der Waals surface area contributed by atoms with Gasteiger partial charge < -0.3 is 9.47 Å². The van der Waals surface area contributed by atoms with Crippen molar-refractivity contribution < 1.29 is 9.47 Å². The predicted molar refractivity (Wildman–Crippen MR) is 134 cm³/mol. The lowest BCUT2D eigenvalue weighted by molar-refractivity contribution is 0.0322. The fraction of sp³-hybridized carbons (Fsp3) is 0.222. The molecule has 1 aromatic carbocycles. The third-order valence-corrected chi connectivity index (χ3v) is 6.31. The van der Waals surface area contributed by atoms with E-state index in [4.69, 9.17) is 9.47 Å². The molecular weight excluding hydrogens is 440 g/mol. The van der Waals surface area contributed by atoms with E-state index in [1.165, 1.54) is 0 Å². The van der Waals surface area contributed by atoms with Crippen molar-refractivity contribution in [3.05, 3.63) is 79.4 Å². The highest BCUT2D eigenvalue weighted by atomic mass is 16.5. The van der Waals surface area contributed by atoms with Crippen LogP contribution in [0.5, 0.6) is 5.75 Å². The van der Waals surface area contributed by atoms with Crippen LogP contribution in [0.1, 0.15) is 0 Å². The van der Waals surface area contributed by atoms with Gasteiger partial charge in [-0.05, 0) is 48.5 Å². The lowest BCUT2D eigenvalue weighted by Crippen LogP contribution is -2.38. The lowest BCUT2D eigenvalue weighted by atomic mass is 10.0. The Morgan fingerprint density at radius 2 is 1.77 bits per heavy atom. The average molecular weight is 467 g/mol. The fourth-order valence-corrected chi connectivity index (χ4v) is 4.40. The number of aromatic amines is 1. The third kappa shape index (κ3) is 4.53. The first-order chi connectivity index (χ1) is 17.3. The molecule has 35 heavy (non-hydrogen) atoms. The molecule has 0 aliphatic carbocycles. The molecule has 0 spiro atoms. The first-order valence-corrected chi connectivity index (χ1v) is 11.8. The monoisotopic (exact) mass is 466 g/mol. The van der Waals surface area contributed by atoms with E-state index >= 15 is 0 Å². The van der Waals surface area contributed by atoms with Gasteiger partial charge in [0.2, 0.25) is 0 Å². The van der Waals surface area contributed by atoms with Crippen LogP contribution in [-0.4, -0.2) is 68.9 Å². The maximum Gasteiger partial charge on any atom is 0.137 e. The minimum Gasteiger partial charge on any atom is -0.492 e. The number of ether oxygens (including phenoxy) is 2. The van der Waals surface area contributed by atoms with Crippen molar-refractivity contribution in [3.63, 3.8) is 0 Å². The van der Waals surface area contributed by atoms with Gasteiger partial charge in [-0.15, -0.1) is 0 Å². The molecule has 1 N–H and O–H groups in total. The minimum atomic E-state index is 0.665. The first-order valence-electron chi connectivity index (χ1n) is 11.8. The van der Waals surface area contributed by atoms with Gasteiger partial charge in [-0.1, -0.05) is 6.07 Å². The Bertz CT molecular complexity index is 1400. The molecular formula is C27H26N6O2. The average Bonchev–Trinajstić information content (AvgIpc) is 3.57. The topological polar surface area (TPSA) is 80.6 Å². The van der Waals surface area contributed by atoms with Crippen LogP contribution in [0.15, 0.2) is 79.4 Å². The highest BCUT2D eigenvalue weighted by molar-refractivity contribution is 5.81. The van der Waals surface area contributed by atoms with Gasteiger partial charge in [-0.2, -0.15) is 5.10 Å².